The predicted octanol–water partition coefficient (Wildman–Crippen LogP) is 9.20. The van der Waals surface area contributed by atoms with Gasteiger partial charge < -0.3 is 19.3 Å². The summed E-state index contributed by atoms with van der Waals surface area (Å²) in [4.78, 5) is 15.3. The molecule has 1 aromatic carbocycles. The number of hydrogen-bond donors (Lipinski definition) is 0. The van der Waals surface area contributed by atoms with Crippen LogP contribution in [0.2, 0.25) is 0 Å². The zero-order chi connectivity index (χ0) is 29.5. The van der Waals surface area contributed by atoms with Crippen LogP contribution >= 0.6 is 11.3 Å². The topological polar surface area (TPSA) is 49.7 Å². The molecule has 7 heteroatoms. The quantitative estimate of drug-likeness (QED) is 0.155. The Morgan fingerprint density at radius 1 is 0.756 bits per heavy atom. The van der Waals surface area contributed by atoms with Crippen molar-refractivity contribution in [3.8, 4) is 5.75 Å². The van der Waals surface area contributed by atoms with Gasteiger partial charge in [-0.1, -0.05) is 78.1 Å². The molecule has 0 amide bonds. The van der Waals surface area contributed by atoms with E-state index in [-0.39, 0.29) is 0 Å². The van der Waals surface area contributed by atoms with E-state index < -0.39 is 0 Å². The van der Waals surface area contributed by atoms with E-state index in [2.05, 4.69) is 74.2 Å². The van der Waals surface area contributed by atoms with Crippen LogP contribution in [0, 0.1) is 0 Å². The Balaban J connectivity index is 1.85. The van der Waals surface area contributed by atoms with Gasteiger partial charge in [-0.25, -0.2) is 0 Å². The monoisotopic (exact) mass is 580 g/mol. The molecule has 1 aliphatic heterocycles. The molecule has 2 heterocycles. The first-order chi connectivity index (χ1) is 20.0. The van der Waals surface area contributed by atoms with Gasteiger partial charge in [0.25, 0.3) is 0 Å². The van der Waals surface area contributed by atoms with Crippen LogP contribution in [0.4, 0.5) is 10.7 Å². The summed E-state index contributed by atoms with van der Waals surface area (Å²) in [6.45, 7) is 6.70. The second-order valence-electron chi connectivity index (χ2n) is 11.1. The van der Waals surface area contributed by atoms with Gasteiger partial charge in [0.1, 0.15) is 11.5 Å². The number of thiophene rings is 1. The summed E-state index contributed by atoms with van der Waals surface area (Å²) >= 11 is 1.73. The fourth-order valence-corrected chi connectivity index (χ4v) is 6.00. The molecule has 3 rings (SSSR count). The molecule has 0 unspecified atom stereocenters. The molecular formula is C34H52N4O2S. The number of ether oxygens (including phenoxy) is 2. The fraction of sp³-hybridized carbons (Fsp3) is 0.588. The largest absolute Gasteiger partial charge is 0.496 e. The highest BCUT2D eigenvalue weighted by Gasteiger charge is 2.24. The number of rotatable bonds is 19. The third-order valence-electron chi connectivity index (χ3n) is 7.55. The van der Waals surface area contributed by atoms with Gasteiger partial charge in [-0.15, -0.1) is 11.3 Å². The van der Waals surface area contributed by atoms with E-state index in [0.29, 0.717) is 6.02 Å². The van der Waals surface area contributed by atoms with Crippen molar-refractivity contribution in [3.05, 3.63) is 46.5 Å². The number of hydrogen-bond acceptors (Lipinski definition) is 7. The van der Waals surface area contributed by atoms with Gasteiger partial charge >= 0.3 is 6.02 Å². The molecule has 0 N–H and O–H groups in total. The van der Waals surface area contributed by atoms with Crippen molar-refractivity contribution in [2.24, 2.45) is 9.98 Å². The first-order valence-electron chi connectivity index (χ1n) is 15.6. The van der Waals surface area contributed by atoms with E-state index in [9.17, 15) is 0 Å². The highest BCUT2D eigenvalue weighted by atomic mass is 32.1. The standard InChI is InChI=1S/C34H52N4O2S/c1-7-9-11-13-15-17-23-38(24-18-16-14-12-10-8-2)27-19-21-31(39-5)29(25-27)33-30(35-34(36-33)40-6)26-28-20-22-32(41-28)37(3)4/h19-22,25-26H,7-18,23-24H2,1-6H3. The van der Waals surface area contributed by atoms with E-state index in [0.717, 1.165) is 40.7 Å². The molecule has 6 nitrogen and oxygen atoms in total. The highest BCUT2D eigenvalue weighted by Crippen LogP contribution is 2.33. The molecule has 0 aliphatic carbocycles. The summed E-state index contributed by atoms with van der Waals surface area (Å²) < 4.78 is 11.3. The zero-order valence-corrected chi connectivity index (χ0v) is 27.2. The molecule has 41 heavy (non-hydrogen) atoms. The molecule has 226 valence electrons. The smallest absolute Gasteiger partial charge is 0.317 e. The van der Waals surface area contributed by atoms with Crippen LogP contribution in [0.3, 0.4) is 0 Å². The van der Waals surface area contributed by atoms with Crippen molar-refractivity contribution in [3.63, 3.8) is 0 Å². The third kappa shape index (κ3) is 10.2. The molecule has 0 spiro atoms. The van der Waals surface area contributed by atoms with Gasteiger partial charge in [0.05, 0.1) is 24.9 Å². The minimum Gasteiger partial charge on any atom is -0.496 e. The zero-order valence-electron chi connectivity index (χ0n) is 26.4. The number of anilines is 2. The lowest BCUT2D eigenvalue weighted by molar-refractivity contribution is 0.398. The van der Waals surface area contributed by atoms with Gasteiger partial charge in [0.15, 0.2) is 0 Å². The van der Waals surface area contributed by atoms with Crippen LogP contribution in [-0.4, -0.2) is 53.1 Å². The SMILES string of the molecule is CCCCCCCCN(CCCCCCCC)c1ccc(OC)c(C2=NC(OC)=NC2=Cc2ccc(N(C)C)s2)c1. The molecule has 0 radical (unpaired) electrons. The van der Waals surface area contributed by atoms with Crippen molar-refractivity contribution >= 4 is 39.8 Å². The summed E-state index contributed by atoms with van der Waals surface area (Å²) in [6.07, 6.45) is 17.7. The Labute approximate surface area is 253 Å². The second kappa shape index (κ2) is 17.9. The molecule has 0 saturated carbocycles. The van der Waals surface area contributed by atoms with Crippen molar-refractivity contribution in [1.29, 1.82) is 0 Å². The predicted molar refractivity (Wildman–Crippen MR) is 180 cm³/mol. The van der Waals surface area contributed by atoms with Gasteiger partial charge in [-0.05, 0) is 49.2 Å². The van der Waals surface area contributed by atoms with Gasteiger partial charge in [0, 0.05) is 43.3 Å². The van der Waals surface area contributed by atoms with Crippen molar-refractivity contribution in [2.75, 3.05) is 51.2 Å². The molecule has 0 saturated heterocycles. The summed E-state index contributed by atoms with van der Waals surface area (Å²) in [7, 11) is 7.47. The lowest BCUT2D eigenvalue weighted by atomic mass is 10.0. The minimum absolute atomic E-state index is 0.374. The number of aliphatic imine (C=N–C) groups is 2. The number of amidine groups is 1. The van der Waals surface area contributed by atoms with E-state index in [4.69, 9.17) is 19.5 Å². The van der Waals surface area contributed by atoms with Crippen molar-refractivity contribution in [2.45, 2.75) is 90.9 Å². The maximum atomic E-state index is 5.85. The first kappa shape index (κ1) is 32.7. The van der Waals surface area contributed by atoms with Gasteiger partial charge in [0.2, 0.25) is 0 Å². The number of allylic oxidation sites excluding steroid dienone is 1. The minimum atomic E-state index is 0.374. The molecule has 1 aromatic heterocycles. The van der Waals surface area contributed by atoms with Crippen LogP contribution in [0.5, 0.6) is 5.75 Å². The average Bonchev–Trinajstić information content (AvgIpc) is 3.62. The molecule has 2 aromatic rings. The van der Waals surface area contributed by atoms with Crippen LogP contribution in [0.15, 0.2) is 46.0 Å². The van der Waals surface area contributed by atoms with Crippen molar-refractivity contribution < 1.29 is 9.47 Å². The summed E-state index contributed by atoms with van der Waals surface area (Å²) in [6, 6.07) is 11.2. The van der Waals surface area contributed by atoms with Crippen molar-refractivity contribution in [1.82, 2.24) is 0 Å². The number of nitrogens with zero attached hydrogens (tertiary/aromatic N) is 4. The summed E-state index contributed by atoms with van der Waals surface area (Å²) in [5, 5.41) is 1.20. The molecule has 0 fully saturated rings. The summed E-state index contributed by atoms with van der Waals surface area (Å²) in [5.74, 6) is 0.796. The molecule has 1 aliphatic rings. The van der Waals surface area contributed by atoms with Crippen LogP contribution in [0.25, 0.3) is 6.08 Å². The Morgan fingerprint density at radius 3 is 1.95 bits per heavy atom. The first-order valence-corrected chi connectivity index (χ1v) is 16.5. The van der Waals surface area contributed by atoms with Crippen LogP contribution in [0.1, 0.15) is 101 Å². The Kier molecular flexibility index (Phi) is 14.3. The number of methoxy groups -OCH3 is 2. The molecule has 0 bridgehead atoms. The van der Waals surface area contributed by atoms with E-state index in [1.54, 1.807) is 25.6 Å². The average molecular weight is 581 g/mol. The maximum absolute atomic E-state index is 5.85. The normalized spacial score (nSPS) is 13.9. The second-order valence-corrected chi connectivity index (χ2v) is 12.2. The Morgan fingerprint density at radius 2 is 1.39 bits per heavy atom. The van der Waals surface area contributed by atoms with Crippen LogP contribution in [-0.2, 0) is 4.74 Å². The third-order valence-corrected chi connectivity index (χ3v) is 8.75. The molecule has 0 atom stereocenters. The number of benzene rings is 1. The maximum Gasteiger partial charge on any atom is 0.317 e. The fourth-order valence-electron chi connectivity index (χ4n) is 5.13. The Hall–Kier alpha value is -2.80. The molecular weight excluding hydrogens is 528 g/mol. The summed E-state index contributed by atoms with van der Waals surface area (Å²) in [5.41, 5.74) is 3.76. The number of unbranched alkanes of at least 4 members (excludes halogenated alkanes) is 10. The van der Waals surface area contributed by atoms with E-state index in [1.807, 2.05) is 0 Å². The van der Waals surface area contributed by atoms with E-state index >= 15 is 0 Å². The Bertz CT molecular complexity index is 1140. The van der Waals surface area contributed by atoms with Crippen LogP contribution < -0.4 is 14.5 Å². The highest BCUT2D eigenvalue weighted by molar-refractivity contribution is 7.16. The lowest BCUT2D eigenvalue weighted by Crippen LogP contribution is -2.26. The van der Waals surface area contributed by atoms with Gasteiger partial charge in [-0.3, -0.25) is 0 Å². The lowest BCUT2D eigenvalue weighted by Gasteiger charge is -2.26. The van der Waals surface area contributed by atoms with E-state index in [1.165, 1.54) is 87.7 Å². The van der Waals surface area contributed by atoms with Gasteiger partial charge in [-0.2, -0.15) is 9.98 Å².